The lowest BCUT2D eigenvalue weighted by Gasteiger charge is -2.27. The third-order valence-electron chi connectivity index (χ3n) is 6.93. The highest BCUT2D eigenvalue weighted by atomic mass is 16.6. The third kappa shape index (κ3) is 8.96. The molecule has 10 heteroatoms. The number of hydrogen-bond donors (Lipinski definition) is 2. The first-order valence-corrected chi connectivity index (χ1v) is 13.6. The average molecular weight is 573 g/mol. The second kappa shape index (κ2) is 15.1. The van der Waals surface area contributed by atoms with E-state index in [2.05, 4.69) is 13.8 Å². The van der Waals surface area contributed by atoms with Gasteiger partial charge in [0, 0.05) is 17.3 Å². The summed E-state index contributed by atoms with van der Waals surface area (Å²) in [5.74, 6) is -6.75. The molecule has 224 valence electrons. The van der Waals surface area contributed by atoms with Gasteiger partial charge in [-0.05, 0) is 49.2 Å². The molecule has 2 aromatic carbocycles. The van der Waals surface area contributed by atoms with Gasteiger partial charge in [-0.2, -0.15) is 0 Å². The summed E-state index contributed by atoms with van der Waals surface area (Å²) in [5.41, 5.74) is 1.64. The third-order valence-corrected chi connectivity index (χ3v) is 6.93. The fourth-order valence-corrected chi connectivity index (χ4v) is 4.37. The molecule has 0 fully saturated rings. The first-order chi connectivity index (χ1) is 19.3. The Balaban J connectivity index is 2.04. The van der Waals surface area contributed by atoms with Gasteiger partial charge >= 0.3 is 23.9 Å². The lowest BCUT2D eigenvalue weighted by molar-refractivity contribution is -0.165. The van der Waals surface area contributed by atoms with E-state index < -0.39 is 47.5 Å². The number of esters is 2. The average Bonchev–Trinajstić information content (AvgIpc) is 2.91. The zero-order valence-electron chi connectivity index (χ0n) is 24.4. The van der Waals surface area contributed by atoms with E-state index in [0.29, 0.717) is 11.5 Å². The fourth-order valence-electron chi connectivity index (χ4n) is 4.37. The van der Waals surface area contributed by atoms with Gasteiger partial charge < -0.3 is 29.2 Å². The quantitative estimate of drug-likeness (QED) is 0.217. The van der Waals surface area contributed by atoms with E-state index in [1.54, 1.807) is 32.9 Å². The van der Waals surface area contributed by atoms with Crippen molar-refractivity contribution < 1.29 is 48.3 Å². The normalized spacial score (nSPS) is 12.9. The molecule has 0 radical (unpaired) electrons. The van der Waals surface area contributed by atoms with E-state index in [1.807, 2.05) is 36.4 Å². The lowest BCUT2D eigenvalue weighted by atomic mass is 9.78. The second-order valence-electron chi connectivity index (χ2n) is 10.4. The molecule has 0 bridgehead atoms. The van der Waals surface area contributed by atoms with Gasteiger partial charge in [0.2, 0.25) is 0 Å². The number of benzene rings is 2. The topological polar surface area (TPSA) is 146 Å². The largest absolute Gasteiger partial charge is 0.493 e. The van der Waals surface area contributed by atoms with Crippen molar-refractivity contribution in [3.05, 3.63) is 59.7 Å². The smallest absolute Gasteiger partial charge is 0.320 e. The Labute approximate surface area is 240 Å². The molecule has 0 spiro atoms. The first-order valence-electron chi connectivity index (χ1n) is 13.6. The second-order valence-corrected chi connectivity index (χ2v) is 10.4. The molecule has 2 atom stereocenters. The summed E-state index contributed by atoms with van der Waals surface area (Å²) in [6.45, 7) is 11.1. The number of rotatable bonds is 16. The van der Waals surface area contributed by atoms with Crippen LogP contribution in [0.3, 0.4) is 0 Å². The summed E-state index contributed by atoms with van der Waals surface area (Å²) in [6.07, 6.45) is 0. The van der Waals surface area contributed by atoms with Gasteiger partial charge in [0.15, 0.2) is 11.8 Å². The SMILES string of the molecule is CCOC(=O)C(C(=O)OCC)C(C)COc1ccc(C(C)(C)c2ccc(OCC(C)C(C(=O)O)C(=O)O)cc2)cc1. The van der Waals surface area contributed by atoms with Crippen LogP contribution in [0.25, 0.3) is 0 Å². The molecule has 2 unspecified atom stereocenters. The maximum absolute atomic E-state index is 12.3. The Morgan fingerprint density at radius 1 is 0.659 bits per heavy atom. The number of carboxylic acids is 2. The van der Waals surface area contributed by atoms with Crippen LogP contribution in [0.1, 0.15) is 52.7 Å². The van der Waals surface area contributed by atoms with E-state index in [1.165, 1.54) is 6.92 Å². The minimum atomic E-state index is -1.54. The zero-order chi connectivity index (χ0) is 30.7. The zero-order valence-corrected chi connectivity index (χ0v) is 24.4. The van der Waals surface area contributed by atoms with Gasteiger partial charge in [0.25, 0.3) is 0 Å². The van der Waals surface area contributed by atoms with Crippen molar-refractivity contribution in [2.75, 3.05) is 26.4 Å². The van der Waals surface area contributed by atoms with Crippen LogP contribution >= 0.6 is 0 Å². The van der Waals surface area contributed by atoms with E-state index >= 15 is 0 Å². The summed E-state index contributed by atoms with van der Waals surface area (Å²) in [6, 6.07) is 14.9. The van der Waals surface area contributed by atoms with Gasteiger partial charge in [-0.3, -0.25) is 19.2 Å². The molecule has 0 saturated heterocycles. The Morgan fingerprint density at radius 2 is 1.00 bits per heavy atom. The molecule has 0 aliphatic rings. The Kier molecular flexibility index (Phi) is 12.2. The van der Waals surface area contributed by atoms with E-state index in [9.17, 15) is 19.2 Å². The maximum atomic E-state index is 12.3. The standard InChI is InChI=1S/C31H40O10/c1-7-38-29(36)26(30(37)39-8-2)20(4)18-41-24-15-11-22(12-16-24)31(5,6)21-9-13-23(14-10-21)40-17-19(3)25(27(32)33)28(34)35/h9-16,19-20,25-26H,7-8,17-18H2,1-6H3,(H,32,33)(H,34,35). The van der Waals surface area contributed by atoms with E-state index in [-0.39, 0.29) is 31.8 Å². The summed E-state index contributed by atoms with van der Waals surface area (Å²) < 4.78 is 21.6. The summed E-state index contributed by atoms with van der Waals surface area (Å²) >= 11 is 0. The number of carboxylic acid groups (broad SMARTS) is 2. The van der Waals surface area contributed by atoms with Crippen LogP contribution in [-0.2, 0) is 34.1 Å². The highest BCUT2D eigenvalue weighted by Crippen LogP contribution is 2.33. The van der Waals surface area contributed by atoms with Crippen molar-refractivity contribution in [3.8, 4) is 11.5 Å². The van der Waals surface area contributed by atoms with Crippen molar-refractivity contribution in [2.24, 2.45) is 23.7 Å². The van der Waals surface area contributed by atoms with Gasteiger partial charge in [-0.1, -0.05) is 52.0 Å². The number of aliphatic carboxylic acids is 2. The van der Waals surface area contributed by atoms with Gasteiger partial charge in [0.05, 0.1) is 26.4 Å². The fraction of sp³-hybridized carbons (Fsp3) is 0.484. The predicted molar refractivity (Wildman–Crippen MR) is 150 cm³/mol. The monoisotopic (exact) mass is 572 g/mol. The molecular formula is C31H40O10. The Bertz CT molecular complexity index is 1140. The molecule has 0 heterocycles. The van der Waals surface area contributed by atoms with Crippen molar-refractivity contribution in [2.45, 2.75) is 47.0 Å². The molecule has 0 aliphatic heterocycles. The van der Waals surface area contributed by atoms with Gasteiger partial charge in [-0.15, -0.1) is 0 Å². The Hall–Kier alpha value is -4.08. The van der Waals surface area contributed by atoms with Crippen LogP contribution in [0.4, 0.5) is 0 Å². The minimum absolute atomic E-state index is 0.0492. The number of carbonyl (C=O) groups excluding carboxylic acids is 2. The van der Waals surface area contributed by atoms with Crippen molar-refractivity contribution in [3.63, 3.8) is 0 Å². The molecular weight excluding hydrogens is 532 g/mol. The van der Waals surface area contributed by atoms with Crippen LogP contribution in [0.5, 0.6) is 11.5 Å². The molecule has 10 nitrogen and oxygen atoms in total. The molecule has 0 amide bonds. The van der Waals surface area contributed by atoms with Crippen molar-refractivity contribution in [1.29, 1.82) is 0 Å². The summed E-state index contributed by atoms with van der Waals surface area (Å²) in [7, 11) is 0. The lowest BCUT2D eigenvalue weighted by Crippen LogP contribution is -2.35. The van der Waals surface area contributed by atoms with Gasteiger partial charge in [0.1, 0.15) is 11.5 Å². The van der Waals surface area contributed by atoms with Crippen LogP contribution in [0, 0.1) is 23.7 Å². The van der Waals surface area contributed by atoms with Crippen molar-refractivity contribution >= 4 is 23.9 Å². The molecule has 0 aromatic heterocycles. The van der Waals surface area contributed by atoms with E-state index in [4.69, 9.17) is 29.2 Å². The maximum Gasteiger partial charge on any atom is 0.320 e. The molecule has 41 heavy (non-hydrogen) atoms. The molecule has 0 saturated carbocycles. The van der Waals surface area contributed by atoms with Crippen LogP contribution in [0.2, 0.25) is 0 Å². The first kappa shape index (κ1) is 33.1. The van der Waals surface area contributed by atoms with Crippen LogP contribution in [0.15, 0.2) is 48.5 Å². The molecule has 2 N–H and O–H groups in total. The van der Waals surface area contributed by atoms with Crippen LogP contribution < -0.4 is 9.47 Å². The summed E-state index contributed by atoms with van der Waals surface area (Å²) in [4.78, 5) is 47.1. The summed E-state index contributed by atoms with van der Waals surface area (Å²) in [5, 5.41) is 18.3. The van der Waals surface area contributed by atoms with Crippen LogP contribution in [-0.4, -0.2) is 60.5 Å². The number of carbonyl (C=O) groups is 4. The van der Waals surface area contributed by atoms with Crippen molar-refractivity contribution in [1.82, 2.24) is 0 Å². The number of ether oxygens (including phenoxy) is 4. The molecule has 2 rings (SSSR count). The van der Waals surface area contributed by atoms with E-state index in [0.717, 1.165) is 11.1 Å². The highest BCUT2D eigenvalue weighted by molar-refractivity contribution is 5.95. The predicted octanol–water partition coefficient (Wildman–Crippen LogP) is 4.57. The van der Waals surface area contributed by atoms with Gasteiger partial charge in [-0.25, -0.2) is 0 Å². The number of hydrogen-bond acceptors (Lipinski definition) is 8. The minimum Gasteiger partial charge on any atom is -0.493 e. The molecule has 2 aromatic rings. The highest BCUT2D eigenvalue weighted by Gasteiger charge is 2.35. The molecule has 0 aliphatic carbocycles. The Morgan fingerprint density at radius 3 is 1.32 bits per heavy atom.